The van der Waals surface area contributed by atoms with E-state index in [9.17, 15) is 12.8 Å². The molecule has 0 unspecified atom stereocenters. The molecule has 17 heavy (non-hydrogen) atoms. The van der Waals surface area contributed by atoms with Crippen molar-refractivity contribution in [3.63, 3.8) is 0 Å². The van der Waals surface area contributed by atoms with Gasteiger partial charge in [-0.15, -0.1) is 6.42 Å². The molecular formula is C11H13FN2O2S. The number of benzene rings is 1. The van der Waals surface area contributed by atoms with E-state index < -0.39 is 21.4 Å². The molecule has 0 saturated heterocycles. The van der Waals surface area contributed by atoms with Crippen molar-refractivity contribution in [3.8, 4) is 12.3 Å². The number of hydrogen-bond donors (Lipinski definition) is 2. The second-order valence-electron chi connectivity index (χ2n) is 4.08. The average molecular weight is 256 g/mol. The van der Waals surface area contributed by atoms with Crippen LogP contribution in [0.15, 0.2) is 23.1 Å². The number of nitrogens with two attached hydrogens (primary N) is 1. The fourth-order valence-corrected chi connectivity index (χ4v) is 1.67. The molecular weight excluding hydrogens is 243 g/mol. The van der Waals surface area contributed by atoms with Gasteiger partial charge < -0.3 is 5.32 Å². The summed E-state index contributed by atoms with van der Waals surface area (Å²) < 4.78 is 35.6. The number of halogens is 1. The van der Waals surface area contributed by atoms with Crippen LogP contribution < -0.4 is 10.5 Å². The van der Waals surface area contributed by atoms with Gasteiger partial charge in [-0.2, -0.15) is 0 Å². The first-order chi connectivity index (χ1) is 7.65. The molecule has 1 rings (SSSR count). The molecule has 6 heteroatoms. The lowest BCUT2D eigenvalue weighted by Gasteiger charge is -2.21. The third kappa shape index (κ3) is 3.44. The Kier molecular flexibility index (Phi) is 3.45. The van der Waals surface area contributed by atoms with Gasteiger partial charge in [-0.25, -0.2) is 17.9 Å². The zero-order valence-electron chi connectivity index (χ0n) is 9.49. The highest BCUT2D eigenvalue weighted by atomic mass is 32.2. The average Bonchev–Trinajstić information content (AvgIpc) is 2.19. The van der Waals surface area contributed by atoms with Crippen molar-refractivity contribution in [2.75, 3.05) is 5.32 Å². The van der Waals surface area contributed by atoms with Gasteiger partial charge in [-0.3, -0.25) is 0 Å². The predicted octanol–water partition coefficient (Wildman–Crippen LogP) is 1.30. The fourth-order valence-electron chi connectivity index (χ4n) is 1.15. The molecule has 0 heterocycles. The maximum Gasteiger partial charge on any atom is 0.238 e. The van der Waals surface area contributed by atoms with E-state index in [1.807, 2.05) is 0 Å². The maximum absolute atomic E-state index is 13.6. The minimum Gasteiger partial charge on any atom is -0.367 e. The van der Waals surface area contributed by atoms with Crippen LogP contribution in [0.4, 0.5) is 10.1 Å². The third-order valence-corrected chi connectivity index (χ3v) is 2.99. The molecule has 1 aromatic carbocycles. The largest absolute Gasteiger partial charge is 0.367 e. The van der Waals surface area contributed by atoms with Gasteiger partial charge in [-0.05, 0) is 32.0 Å². The van der Waals surface area contributed by atoms with Gasteiger partial charge in [0.05, 0.1) is 16.1 Å². The maximum atomic E-state index is 13.6. The summed E-state index contributed by atoms with van der Waals surface area (Å²) in [6.45, 7) is 3.39. The molecule has 0 atom stereocenters. The quantitative estimate of drug-likeness (QED) is 0.801. The van der Waals surface area contributed by atoms with Crippen molar-refractivity contribution in [2.45, 2.75) is 24.3 Å². The lowest BCUT2D eigenvalue weighted by atomic mass is 10.1. The van der Waals surface area contributed by atoms with Crippen molar-refractivity contribution >= 4 is 15.7 Å². The first-order valence-electron chi connectivity index (χ1n) is 4.74. The molecule has 0 amide bonds. The van der Waals surface area contributed by atoms with Gasteiger partial charge in [0.1, 0.15) is 5.82 Å². The topological polar surface area (TPSA) is 72.2 Å². The SMILES string of the molecule is C#CC(C)(C)Nc1ccc(S(N)(=O)=O)cc1F. The van der Waals surface area contributed by atoms with Gasteiger partial charge >= 0.3 is 0 Å². The molecule has 0 spiro atoms. The van der Waals surface area contributed by atoms with Crippen molar-refractivity contribution in [1.29, 1.82) is 0 Å². The lowest BCUT2D eigenvalue weighted by Crippen LogP contribution is -2.29. The summed E-state index contributed by atoms with van der Waals surface area (Å²) >= 11 is 0. The molecule has 4 nitrogen and oxygen atoms in total. The molecule has 0 aliphatic carbocycles. The Morgan fingerprint density at radius 3 is 2.47 bits per heavy atom. The highest BCUT2D eigenvalue weighted by Gasteiger charge is 2.17. The number of hydrogen-bond acceptors (Lipinski definition) is 3. The number of primary sulfonamides is 1. The Hall–Kier alpha value is -1.58. The van der Waals surface area contributed by atoms with Crippen LogP contribution in [0, 0.1) is 18.2 Å². The lowest BCUT2D eigenvalue weighted by molar-refractivity contribution is 0.592. The summed E-state index contributed by atoms with van der Waals surface area (Å²) in [6.07, 6.45) is 5.25. The Labute approximate surface area is 100 Å². The zero-order chi connectivity index (χ0) is 13.3. The molecule has 0 radical (unpaired) electrons. The van der Waals surface area contributed by atoms with Crippen LogP contribution in [0.1, 0.15) is 13.8 Å². The van der Waals surface area contributed by atoms with Crippen LogP contribution in [0.2, 0.25) is 0 Å². The van der Waals surface area contributed by atoms with Crippen molar-refractivity contribution in [2.24, 2.45) is 5.14 Å². The highest BCUT2D eigenvalue weighted by molar-refractivity contribution is 7.89. The van der Waals surface area contributed by atoms with Crippen LogP contribution in [-0.4, -0.2) is 14.0 Å². The first kappa shape index (κ1) is 13.5. The van der Waals surface area contributed by atoms with E-state index >= 15 is 0 Å². The van der Waals surface area contributed by atoms with E-state index in [1.165, 1.54) is 12.1 Å². The molecule has 92 valence electrons. The van der Waals surface area contributed by atoms with Crippen LogP contribution >= 0.6 is 0 Å². The van der Waals surface area contributed by atoms with E-state index in [4.69, 9.17) is 11.6 Å². The van der Waals surface area contributed by atoms with Gasteiger partial charge in [0, 0.05) is 0 Å². The summed E-state index contributed by atoms with van der Waals surface area (Å²) in [5, 5.41) is 7.65. The summed E-state index contributed by atoms with van der Waals surface area (Å²) in [5.41, 5.74) is -0.607. The van der Waals surface area contributed by atoms with Crippen LogP contribution in [0.3, 0.4) is 0 Å². The Morgan fingerprint density at radius 1 is 1.47 bits per heavy atom. The summed E-state index contributed by atoms with van der Waals surface area (Å²) in [5.74, 6) is 1.72. The van der Waals surface area contributed by atoms with E-state index in [0.717, 1.165) is 6.07 Å². The predicted molar refractivity (Wildman–Crippen MR) is 64.3 cm³/mol. The number of sulfonamides is 1. The standard InChI is InChI=1S/C11H13FN2O2S/c1-4-11(2,3)14-10-6-5-8(7-9(10)12)17(13,15)16/h1,5-7,14H,2-3H3,(H2,13,15,16). The van der Waals surface area contributed by atoms with E-state index in [0.29, 0.717) is 0 Å². The van der Waals surface area contributed by atoms with Crippen LogP contribution in [0.5, 0.6) is 0 Å². The molecule has 0 bridgehead atoms. The zero-order valence-corrected chi connectivity index (χ0v) is 10.3. The van der Waals surface area contributed by atoms with Crippen molar-refractivity contribution < 1.29 is 12.8 Å². The molecule has 0 fully saturated rings. The molecule has 0 saturated carbocycles. The number of nitrogens with one attached hydrogen (secondary N) is 1. The number of rotatable bonds is 3. The van der Waals surface area contributed by atoms with Gasteiger partial charge in [0.25, 0.3) is 0 Å². The summed E-state index contributed by atoms with van der Waals surface area (Å²) in [4.78, 5) is -0.279. The molecule has 0 aromatic heterocycles. The highest BCUT2D eigenvalue weighted by Crippen LogP contribution is 2.21. The Balaban J connectivity index is 3.13. The Morgan fingerprint density at radius 2 is 2.06 bits per heavy atom. The molecule has 0 aliphatic heterocycles. The smallest absolute Gasteiger partial charge is 0.238 e. The van der Waals surface area contributed by atoms with E-state index in [-0.39, 0.29) is 10.6 Å². The second kappa shape index (κ2) is 4.35. The van der Waals surface area contributed by atoms with E-state index in [2.05, 4.69) is 11.2 Å². The minimum absolute atomic E-state index is 0.125. The summed E-state index contributed by atoms with van der Waals surface area (Å²) in [6, 6.07) is 3.35. The minimum atomic E-state index is -3.90. The molecule has 1 aromatic rings. The molecule has 3 N–H and O–H groups in total. The van der Waals surface area contributed by atoms with Crippen LogP contribution in [0.25, 0.3) is 0 Å². The Bertz CT molecular complexity index is 574. The monoisotopic (exact) mass is 256 g/mol. The molecule has 0 aliphatic rings. The van der Waals surface area contributed by atoms with E-state index in [1.54, 1.807) is 13.8 Å². The fraction of sp³-hybridized carbons (Fsp3) is 0.273. The third-order valence-electron chi connectivity index (χ3n) is 2.08. The summed E-state index contributed by atoms with van der Waals surface area (Å²) in [7, 11) is -3.90. The normalized spacial score (nSPS) is 11.9. The van der Waals surface area contributed by atoms with Crippen molar-refractivity contribution in [1.82, 2.24) is 0 Å². The van der Waals surface area contributed by atoms with Gasteiger partial charge in [0.15, 0.2) is 0 Å². The van der Waals surface area contributed by atoms with Crippen molar-refractivity contribution in [3.05, 3.63) is 24.0 Å². The van der Waals surface area contributed by atoms with Gasteiger partial charge in [0.2, 0.25) is 10.0 Å². The second-order valence-corrected chi connectivity index (χ2v) is 5.64. The first-order valence-corrected chi connectivity index (χ1v) is 6.29. The van der Waals surface area contributed by atoms with Crippen LogP contribution in [-0.2, 0) is 10.0 Å². The number of terminal acetylenes is 1. The number of anilines is 1. The van der Waals surface area contributed by atoms with Gasteiger partial charge in [-0.1, -0.05) is 5.92 Å².